The average Bonchev–Trinajstić information content (AvgIpc) is 2.83. The van der Waals surface area contributed by atoms with E-state index in [1.165, 1.54) is 32.1 Å². The lowest BCUT2D eigenvalue weighted by molar-refractivity contribution is 0.0795. The normalized spacial score (nSPS) is 55.6. The third-order valence-corrected chi connectivity index (χ3v) is 7.57. The summed E-state index contributed by atoms with van der Waals surface area (Å²) in [7, 11) is 0. The Balaban J connectivity index is 1.49. The minimum Gasteiger partial charge on any atom is -0.310 e. The zero-order chi connectivity index (χ0) is 12.5. The number of rotatable bonds is 2. The van der Waals surface area contributed by atoms with Crippen LogP contribution in [0.5, 0.6) is 0 Å². The first-order valence-electron chi connectivity index (χ1n) is 7.95. The molecule has 1 heteroatoms. The van der Waals surface area contributed by atoms with Crippen molar-refractivity contribution in [2.24, 2.45) is 28.6 Å². The number of nitrogens with one attached hydrogen (secondary N) is 1. The van der Waals surface area contributed by atoms with Crippen LogP contribution in [0.1, 0.15) is 52.9 Å². The van der Waals surface area contributed by atoms with Crippen LogP contribution >= 0.6 is 0 Å². The Labute approximate surface area is 111 Å². The molecule has 2 bridgehead atoms. The third kappa shape index (κ3) is 1.22. The van der Waals surface area contributed by atoms with Gasteiger partial charge in [-0.05, 0) is 60.7 Å². The Hall–Kier alpha value is -0.300. The molecule has 3 fully saturated rings. The van der Waals surface area contributed by atoms with Crippen molar-refractivity contribution in [3.8, 4) is 0 Å². The second-order valence-electron chi connectivity index (χ2n) is 8.17. The number of hydrogen-bond acceptors (Lipinski definition) is 1. The summed E-state index contributed by atoms with van der Waals surface area (Å²) in [5.74, 6) is 2.83. The van der Waals surface area contributed by atoms with E-state index in [1.807, 2.05) is 0 Å². The van der Waals surface area contributed by atoms with E-state index in [1.54, 1.807) is 0 Å². The van der Waals surface area contributed by atoms with Gasteiger partial charge in [0.2, 0.25) is 0 Å². The van der Waals surface area contributed by atoms with E-state index in [2.05, 4.69) is 38.2 Å². The van der Waals surface area contributed by atoms with Crippen LogP contribution < -0.4 is 5.32 Å². The molecule has 0 aromatic carbocycles. The highest BCUT2D eigenvalue weighted by molar-refractivity contribution is 5.17. The van der Waals surface area contributed by atoms with E-state index in [9.17, 15) is 0 Å². The smallest absolute Gasteiger partial charge is 0.0138 e. The molecule has 3 saturated carbocycles. The van der Waals surface area contributed by atoms with Gasteiger partial charge in [-0.3, -0.25) is 0 Å². The fourth-order valence-corrected chi connectivity index (χ4v) is 5.62. The number of allylic oxidation sites excluding steroid dienone is 1. The lowest BCUT2D eigenvalue weighted by Crippen LogP contribution is -2.56. The van der Waals surface area contributed by atoms with E-state index >= 15 is 0 Å². The zero-order valence-corrected chi connectivity index (χ0v) is 12.1. The van der Waals surface area contributed by atoms with E-state index < -0.39 is 0 Å². The van der Waals surface area contributed by atoms with Gasteiger partial charge in [0.05, 0.1) is 0 Å². The summed E-state index contributed by atoms with van der Waals surface area (Å²) >= 11 is 0. The molecule has 100 valence electrons. The van der Waals surface area contributed by atoms with Crippen LogP contribution in [0.3, 0.4) is 0 Å². The second-order valence-corrected chi connectivity index (χ2v) is 8.17. The van der Waals surface area contributed by atoms with Crippen molar-refractivity contribution in [2.75, 3.05) is 0 Å². The van der Waals surface area contributed by atoms with E-state index in [-0.39, 0.29) is 0 Å². The standard InChI is InChI=1S/C17H27N/c1-16(2)12-7-8-17(16,3)15(10-12)18-14-9-11-5-4-6-13(11)14/h4,6,11-15,18H,5,7-10H2,1-3H3. The maximum Gasteiger partial charge on any atom is 0.0138 e. The number of fused-ring (bicyclic) bond motifs is 3. The van der Waals surface area contributed by atoms with Gasteiger partial charge in [0.25, 0.3) is 0 Å². The maximum absolute atomic E-state index is 4.06. The highest BCUT2D eigenvalue weighted by Gasteiger charge is 2.61. The minimum atomic E-state index is 0.547. The minimum absolute atomic E-state index is 0.547. The Morgan fingerprint density at radius 1 is 1.17 bits per heavy atom. The molecule has 0 aliphatic heterocycles. The molecule has 6 atom stereocenters. The molecule has 0 aromatic rings. The van der Waals surface area contributed by atoms with Crippen LogP contribution in [0.2, 0.25) is 0 Å². The van der Waals surface area contributed by atoms with Crippen molar-refractivity contribution in [3.63, 3.8) is 0 Å². The van der Waals surface area contributed by atoms with E-state index in [4.69, 9.17) is 0 Å². The van der Waals surface area contributed by atoms with Gasteiger partial charge in [0.1, 0.15) is 0 Å². The maximum atomic E-state index is 4.06. The van der Waals surface area contributed by atoms with Crippen LogP contribution in [0.4, 0.5) is 0 Å². The van der Waals surface area contributed by atoms with Crippen LogP contribution in [-0.2, 0) is 0 Å². The van der Waals surface area contributed by atoms with Gasteiger partial charge in [0, 0.05) is 12.1 Å². The molecule has 0 saturated heterocycles. The predicted molar refractivity (Wildman–Crippen MR) is 75.3 cm³/mol. The van der Waals surface area contributed by atoms with Gasteiger partial charge in [0.15, 0.2) is 0 Å². The van der Waals surface area contributed by atoms with Crippen molar-refractivity contribution in [1.29, 1.82) is 0 Å². The summed E-state index contributed by atoms with van der Waals surface area (Å²) in [6.45, 7) is 7.59. The largest absolute Gasteiger partial charge is 0.310 e. The van der Waals surface area contributed by atoms with Crippen molar-refractivity contribution in [2.45, 2.75) is 65.0 Å². The van der Waals surface area contributed by atoms with Gasteiger partial charge in [-0.25, -0.2) is 0 Å². The molecule has 4 aliphatic rings. The Bertz CT molecular complexity index is 396. The molecule has 0 aromatic heterocycles. The van der Waals surface area contributed by atoms with Crippen molar-refractivity contribution >= 4 is 0 Å². The van der Waals surface area contributed by atoms with Crippen molar-refractivity contribution < 1.29 is 0 Å². The molecule has 0 spiro atoms. The summed E-state index contributed by atoms with van der Waals surface area (Å²) in [4.78, 5) is 0. The van der Waals surface area contributed by atoms with Gasteiger partial charge < -0.3 is 5.32 Å². The van der Waals surface area contributed by atoms with Crippen molar-refractivity contribution in [3.05, 3.63) is 12.2 Å². The number of hydrogen-bond donors (Lipinski definition) is 1. The molecule has 1 nitrogen and oxygen atoms in total. The molecule has 0 heterocycles. The van der Waals surface area contributed by atoms with Gasteiger partial charge >= 0.3 is 0 Å². The Kier molecular flexibility index (Phi) is 2.19. The first-order valence-corrected chi connectivity index (χ1v) is 7.95. The molecule has 1 N–H and O–H groups in total. The summed E-state index contributed by atoms with van der Waals surface area (Å²) in [5.41, 5.74) is 1.10. The first kappa shape index (κ1) is 11.5. The Morgan fingerprint density at radius 3 is 2.61 bits per heavy atom. The topological polar surface area (TPSA) is 12.0 Å². The van der Waals surface area contributed by atoms with Gasteiger partial charge in [-0.15, -0.1) is 0 Å². The second kappa shape index (κ2) is 3.42. The lowest BCUT2D eigenvalue weighted by atomic mass is 9.67. The SMILES string of the molecule is CC1(C)C2CCC1(C)C(NC1CC3CC=CC31)C2. The summed E-state index contributed by atoms with van der Waals surface area (Å²) in [6.07, 6.45) is 12.0. The molecule has 4 rings (SSSR count). The van der Waals surface area contributed by atoms with E-state index in [0.717, 1.165) is 29.8 Å². The molecule has 0 radical (unpaired) electrons. The fraction of sp³-hybridized carbons (Fsp3) is 0.882. The average molecular weight is 245 g/mol. The van der Waals surface area contributed by atoms with Crippen LogP contribution in [-0.4, -0.2) is 12.1 Å². The fourth-order valence-electron chi connectivity index (χ4n) is 5.62. The highest BCUT2D eigenvalue weighted by atomic mass is 15.0. The quantitative estimate of drug-likeness (QED) is 0.731. The summed E-state index contributed by atoms with van der Waals surface area (Å²) < 4.78 is 0. The van der Waals surface area contributed by atoms with Crippen LogP contribution in [0.15, 0.2) is 12.2 Å². The summed E-state index contributed by atoms with van der Waals surface area (Å²) in [5, 5.41) is 4.06. The highest BCUT2D eigenvalue weighted by Crippen LogP contribution is 2.65. The van der Waals surface area contributed by atoms with Crippen LogP contribution in [0, 0.1) is 28.6 Å². The molecule has 6 unspecified atom stereocenters. The molecule has 4 aliphatic carbocycles. The van der Waals surface area contributed by atoms with Crippen molar-refractivity contribution in [1.82, 2.24) is 5.32 Å². The Morgan fingerprint density at radius 2 is 2.00 bits per heavy atom. The van der Waals surface area contributed by atoms with Crippen LogP contribution in [0.25, 0.3) is 0 Å². The molecule has 18 heavy (non-hydrogen) atoms. The third-order valence-electron chi connectivity index (χ3n) is 7.57. The summed E-state index contributed by atoms with van der Waals surface area (Å²) in [6, 6.07) is 1.58. The predicted octanol–water partition coefficient (Wildman–Crippen LogP) is 3.76. The molecular weight excluding hydrogens is 218 g/mol. The van der Waals surface area contributed by atoms with Gasteiger partial charge in [-0.2, -0.15) is 0 Å². The first-order chi connectivity index (χ1) is 8.52. The monoisotopic (exact) mass is 245 g/mol. The van der Waals surface area contributed by atoms with Gasteiger partial charge in [-0.1, -0.05) is 32.9 Å². The molecule has 0 amide bonds. The zero-order valence-electron chi connectivity index (χ0n) is 12.1. The molecular formula is C17H27N. The van der Waals surface area contributed by atoms with E-state index in [0.29, 0.717) is 10.8 Å². The lowest BCUT2D eigenvalue weighted by Gasteiger charge is -2.47.